The lowest BCUT2D eigenvalue weighted by Crippen LogP contribution is -2.26. The number of ether oxygens (including phenoxy) is 2. The van der Waals surface area contributed by atoms with Crippen molar-refractivity contribution in [3.05, 3.63) is 59.2 Å². The van der Waals surface area contributed by atoms with Gasteiger partial charge < -0.3 is 19.7 Å². The molecule has 0 aromatic heterocycles. The van der Waals surface area contributed by atoms with Crippen LogP contribution in [-0.4, -0.2) is 51.6 Å². The Hall–Kier alpha value is -3.02. The molecule has 0 saturated heterocycles. The van der Waals surface area contributed by atoms with Crippen molar-refractivity contribution in [2.75, 3.05) is 34.9 Å². The van der Waals surface area contributed by atoms with Gasteiger partial charge in [-0.2, -0.15) is 0 Å². The van der Waals surface area contributed by atoms with Crippen LogP contribution in [0.1, 0.15) is 27.9 Å². The molecule has 2 aromatic rings. The molecule has 0 bridgehead atoms. The molecule has 0 aliphatic rings. The Labute approximate surface area is 166 Å². The van der Waals surface area contributed by atoms with E-state index in [-0.39, 0.29) is 11.8 Å². The van der Waals surface area contributed by atoms with E-state index in [9.17, 15) is 9.59 Å². The van der Waals surface area contributed by atoms with Gasteiger partial charge in [-0.05, 0) is 42.2 Å². The molecule has 2 rings (SSSR count). The summed E-state index contributed by atoms with van der Waals surface area (Å²) in [6, 6.07) is 13.0. The highest BCUT2D eigenvalue weighted by molar-refractivity contribution is 5.93. The number of carbonyl (C=O) groups excluding carboxylic acids is 2. The first-order valence-electron chi connectivity index (χ1n) is 9.22. The Morgan fingerprint density at radius 3 is 2.29 bits per heavy atom. The Bertz CT molecular complexity index is 801. The minimum atomic E-state index is -0.0294. The number of nitrogens with zero attached hydrogens (tertiary/aromatic N) is 1. The van der Waals surface area contributed by atoms with E-state index >= 15 is 0 Å². The minimum absolute atomic E-state index is 0.000855. The number of aryl methyl sites for hydroxylation is 1. The highest BCUT2D eigenvalue weighted by Crippen LogP contribution is 2.24. The Kier molecular flexibility index (Phi) is 7.87. The van der Waals surface area contributed by atoms with Gasteiger partial charge in [0, 0.05) is 38.7 Å². The Balaban J connectivity index is 1.78. The third-order valence-corrected chi connectivity index (χ3v) is 4.46. The van der Waals surface area contributed by atoms with Gasteiger partial charge in [0.05, 0.1) is 14.2 Å². The lowest BCUT2D eigenvalue weighted by Gasteiger charge is -2.11. The molecule has 1 N–H and O–H groups in total. The molecule has 0 atom stereocenters. The van der Waals surface area contributed by atoms with Crippen molar-refractivity contribution in [2.45, 2.75) is 19.3 Å². The first-order valence-corrected chi connectivity index (χ1v) is 9.22. The third-order valence-electron chi connectivity index (χ3n) is 4.46. The number of amides is 2. The molecule has 0 spiro atoms. The molecule has 0 saturated carbocycles. The summed E-state index contributed by atoms with van der Waals surface area (Å²) in [6.07, 6.45) is 1.72. The number of carbonyl (C=O) groups is 2. The summed E-state index contributed by atoms with van der Waals surface area (Å²) in [5.74, 6) is 1.46. The highest BCUT2D eigenvalue weighted by atomic mass is 16.5. The predicted molar refractivity (Wildman–Crippen MR) is 109 cm³/mol. The van der Waals surface area contributed by atoms with Gasteiger partial charge in [0.2, 0.25) is 5.91 Å². The molecule has 0 aliphatic heterocycles. The predicted octanol–water partition coefficient (Wildman–Crippen LogP) is 2.70. The van der Waals surface area contributed by atoms with Crippen LogP contribution in [0.25, 0.3) is 0 Å². The molecule has 0 radical (unpaired) electrons. The summed E-state index contributed by atoms with van der Waals surface area (Å²) in [6.45, 7) is 0.539. The molecule has 0 fully saturated rings. The lowest BCUT2D eigenvalue weighted by molar-refractivity contribution is -0.121. The van der Waals surface area contributed by atoms with Crippen LogP contribution in [-0.2, 0) is 17.6 Å². The summed E-state index contributed by atoms with van der Waals surface area (Å²) in [5.41, 5.74) is 2.69. The van der Waals surface area contributed by atoms with Crippen molar-refractivity contribution < 1.29 is 19.1 Å². The van der Waals surface area contributed by atoms with Crippen LogP contribution in [0, 0.1) is 0 Å². The smallest absolute Gasteiger partial charge is 0.253 e. The number of hydrogen-bond acceptors (Lipinski definition) is 4. The molecule has 150 valence electrons. The average molecular weight is 384 g/mol. The van der Waals surface area contributed by atoms with Crippen LogP contribution in [0.4, 0.5) is 0 Å². The van der Waals surface area contributed by atoms with Crippen molar-refractivity contribution in [3.63, 3.8) is 0 Å². The van der Waals surface area contributed by atoms with Crippen LogP contribution >= 0.6 is 0 Å². The van der Waals surface area contributed by atoms with E-state index in [1.807, 2.05) is 30.3 Å². The second-order valence-corrected chi connectivity index (χ2v) is 6.67. The number of rotatable bonds is 9. The normalized spacial score (nSPS) is 10.3. The van der Waals surface area contributed by atoms with Crippen LogP contribution < -0.4 is 14.8 Å². The summed E-state index contributed by atoms with van der Waals surface area (Å²) in [5, 5.41) is 2.94. The van der Waals surface area contributed by atoms with Crippen molar-refractivity contribution in [2.24, 2.45) is 0 Å². The second-order valence-electron chi connectivity index (χ2n) is 6.67. The van der Waals surface area contributed by atoms with E-state index in [0.717, 1.165) is 22.6 Å². The number of benzene rings is 2. The molecule has 2 aromatic carbocycles. The fourth-order valence-corrected chi connectivity index (χ4v) is 2.81. The minimum Gasteiger partial charge on any atom is -0.497 e. The molecule has 0 heterocycles. The lowest BCUT2D eigenvalue weighted by atomic mass is 10.1. The van der Waals surface area contributed by atoms with Gasteiger partial charge in [-0.15, -0.1) is 0 Å². The van der Waals surface area contributed by atoms with Crippen molar-refractivity contribution in [3.8, 4) is 11.5 Å². The molecular formula is C22H28N2O4. The number of hydrogen-bond donors (Lipinski definition) is 1. The van der Waals surface area contributed by atoms with E-state index in [1.165, 1.54) is 0 Å². The monoisotopic (exact) mass is 384 g/mol. The van der Waals surface area contributed by atoms with Crippen LogP contribution in [0.2, 0.25) is 0 Å². The topological polar surface area (TPSA) is 67.9 Å². The molecule has 6 heteroatoms. The zero-order valence-electron chi connectivity index (χ0n) is 17.0. The number of nitrogens with one attached hydrogen (secondary N) is 1. The quantitative estimate of drug-likeness (QED) is 0.722. The van der Waals surface area contributed by atoms with Crippen LogP contribution in [0.15, 0.2) is 42.5 Å². The van der Waals surface area contributed by atoms with Gasteiger partial charge in [-0.25, -0.2) is 0 Å². The largest absolute Gasteiger partial charge is 0.497 e. The van der Waals surface area contributed by atoms with Crippen molar-refractivity contribution >= 4 is 11.8 Å². The van der Waals surface area contributed by atoms with Crippen molar-refractivity contribution in [1.29, 1.82) is 0 Å². The Morgan fingerprint density at radius 2 is 1.68 bits per heavy atom. The number of methoxy groups -OCH3 is 2. The van der Waals surface area contributed by atoms with E-state index in [1.54, 1.807) is 45.3 Å². The first-order chi connectivity index (χ1) is 13.4. The molecular weight excluding hydrogens is 356 g/mol. The molecule has 0 unspecified atom stereocenters. The molecule has 2 amide bonds. The van der Waals surface area contributed by atoms with Crippen molar-refractivity contribution in [1.82, 2.24) is 10.2 Å². The van der Waals surface area contributed by atoms with E-state index in [4.69, 9.17) is 9.47 Å². The van der Waals surface area contributed by atoms with Crippen LogP contribution in [0.5, 0.6) is 11.5 Å². The SMILES string of the molecule is COc1ccc(CCNC(=O)CCc2ccc(C(=O)N(C)C)cc2)c(OC)c1. The van der Waals surface area contributed by atoms with Crippen LogP contribution in [0.3, 0.4) is 0 Å². The van der Waals surface area contributed by atoms with Gasteiger partial charge in [-0.1, -0.05) is 18.2 Å². The first kappa shape index (κ1) is 21.3. The average Bonchev–Trinajstić information content (AvgIpc) is 2.72. The van der Waals surface area contributed by atoms with Gasteiger partial charge in [0.25, 0.3) is 5.91 Å². The maximum Gasteiger partial charge on any atom is 0.253 e. The highest BCUT2D eigenvalue weighted by Gasteiger charge is 2.09. The second kappa shape index (κ2) is 10.3. The zero-order chi connectivity index (χ0) is 20.5. The molecule has 28 heavy (non-hydrogen) atoms. The van der Waals surface area contributed by atoms with E-state index in [2.05, 4.69) is 5.32 Å². The van der Waals surface area contributed by atoms with E-state index < -0.39 is 0 Å². The third kappa shape index (κ3) is 6.01. The zero-order valence-corrected chi connectivity index (χ0v) is 17.0. The summed E-state index contributed by atoms with van der Waals surface area (Å²) >= 11 is 0. The van der Waals surface area contributed by atoms with Gasteiger partial charge >= 0.3 is 0 Å². The van der Waals surface area contributed by atoms with Gasteiger partial charge in [0.15, 0.2) is 0 Å². The fourth-order valence-electron chi connectivity index (χ4n) is 2.81. The summed E-state index contributed by atoms with van der Waals surface area (Å²) in [7, 11) is 6.68. The summed E-state index contributed by atoms with van der Waals surface area (Å²) in [4.78, 5) is 25.5. The Morgan fingerprint density at radius 1 is 0.964 bits per heavy atom. The van der Waals surface area contributed by atoms with Gasteiger partial charge in [-0.3, -0.25) is 9.59 Å². The molecule has 6 nitrogen and oxygen atoms in total. The maximum atomic E-state index is 12.1. The van der Waals surface area contributed by atoms with E-state index in [0.29, 0.717) is 31.4 Å². The molecule has 0 aliphatic carbocycles. The maximum absolute atomic E-state index is 12.1. The standard InChI is InChI=1S/C22H28N2O4/c1-24(2)22(26)18-8-5-16(6-9-18)7-12-21(25)23-14-13-17-10-11-19(27-3)15-20(17)28-4/h5-6,8-11,15H,7,12-14H2,1-4H3,(H,23,25). The summed E-state index contributed by atoms with van der Waals surface area (Å²) < 4.78 is 10.6. The van der Waals surface area contributed by atoms with Gasteiger partial charge in [0.1, 0.15) is 11.5 Å². The fraction of sp³-hybridized carbons (Fsp3) is 0.364.